The molecule has 2 aromatic carbocycles. The summed E-state index contributed by atoms with van der Waals surface area (Å²) in [6.07, 6.45) is 1.69. The first kappa shape index (κ1) is 22.2. The molecule has 4 rings (SSSR count). The van der Waals surface area contributed by atoms with Crippen LogP contribution < -0.4 is 10.1 Å². The SMILES string of the molecule is OC(Cc1ccc(Oc2ncccn2)cc1)(c1ccc(C(F)(F)F)cc1)C1CCCCN1. The molecule has 2 N–H and O–H groups in total. The second-order valence-electron chi connectivity index (χ2n) is 7.96. The predicted octanol–water partition coefficient (Wildman–Crippen LogP) is 4.86. The summed E-state index contributed by atoms with van der Waals surface area (Å²) in [5.41, 5.74) is -0.788. The third-order valence-electron chi connectivity index (χ3n) is 5.75. The van der Waals surface area contributed by atoms with Gasteiger partial charge in [0.25, 0.3) is 0 Å². The lowest BCUT2D eigenvalue weighted by atomic mass is 9.77. The van der Waals surface area contributed by atoms with Gasteiger partial charge in [-0.15, -0.1) is 0 Å². The number of alkyl halides is 3. The largest absolute Gasteiger partial charge is 0.424 e. The molecular formula is C24H24F3N3O2. The summed E-state index contributed by atoms with van der Waals surface area (Å²) in [4.78, 5) is 8.04. The maximum atomic E-state index is 13.0. The number of nitrogens with one attached hydrogen (secondary N) is 1. The number of ether oxygens (including phenoxy) is 1. The van der Waals surface area contributed by atoms with E-state index in [1.54, 1.807) is 30.6 Å². The van der Waals surface area contributed by atoms with Crippen molar-refractivity contribution in [3.8, 4) is 11.8 Å². The minimum Gasteiger partial charge on any atom is -0.424 e. The predicted molar refractivity (Wildman–Crippen MR) is 113 cm³/mol. The van der Waals surface area contributed by atoms with Crippen LogP contribution in [0.5, 0.6) is 11.8 Å². The van der Waals surface area contributed by atoms with E-state index in [-0.39, 0.29) is 18.5 Å². The molecule has 0 aliphatic carbocycles. The van der Waals surface area contributed by atoms with Gasteiger partial charge in [0, 0.05) is 24.9 Å². The van der Waals surface area contributed by atoms with E-state index in [1.807, 2.05) is 12.1 Å². The Morgan fingerprint density at radius 1 is 0.938 bits per heavy atom. The molecule has 1 aliphatic rings. The van der Waals surface area contributed by atoms with Crippen LogP contribution in [0.4, 0.5) is 13.2 Å². The molecule has 0 radical (unpaired) electrons. The minimum atomic E-state index is -4.42. The van der Waals surface area contributed by atoms with Gasteiger partial charge >= 0.3 is 12.2 Å². The Labute approximate surface area is 184 Å². The van der Waals surface area contributed by atoms with E-state index in [1.165, 1.54) is 12.1 Å². The fourth-order valence-corrected chi connectivity index (χ4v) is 4.06. The molecule has 1 aliphatic heterocycles. The fourth-order valence-electron chi connectivity index (χ4n) is 4.06. The molecular weight excluding hydrogens is 419 g/mol. The van der Waals surface area contributed by atoms with Crippen LogP contribution in [0.2, 0.25) is 0 Å². The number of benzene rings is 2. The van der Waals surface area contributed by atoms with Crippen LogP contribution in [0.25, 0.3) is 0 Å². The Kier molecular flexibility index (Phi) is 6.43. The number of aliphatic hydroxyl groups is 1. The van der Waals surface area contributed by atoms with Crippen molar-refractivity contribution in [1.29, 1.82) is 0 Å². The first-order chi connectivity index (χ1) is 15.3. The van der Waals surface area contributed by atoms with E-state index in [9.17, 15) is 18.3 Å². The van der Waals surface area contributed by atoms with Gasteiger partial charge in [-0.25, -0.2) is 9.97 Å². The highest BCUT2D eigenvalue weighted by Gasteiger charge is 2.40. The second kappa shape index (κ2) is 9.26. The maximum Gasteiger partial charge on any atom is 0.416 e. The van der Waals surface area contributed by atoms with Gasteiger partial charge < -0.3 is 15.2 Å². The van der Waals surface area contributed by atoms with E-state index in [0.717, 1.165) is 43.5 Å². The summed E-state index contributed by atoms with van der Waals surface area (Å²) >= 11 is 0. The monoisotopic (exact) mass is 443 g/mol. The lowest BCUT2D eigenvalue weighted by Gasteiger charge is -2.40. The third-order valence-corrected chi connectivity index (χ3v) is 5.75. The smallest absolute Gasteiger partial charge is 0.416 e. The summed E-state index contributed by atoms with van der Waals surface area (Å²) in [5, 5.41) is 15.1. The summed E-state index contributed by atoms with van der Waals surface area (Å²) in [7, 11) is 0. The van der Waals surface area contributed by atoms with Crippen LogP contribution >= 0.6 is 0 Å². The van der Waals surface area contributed by atoms with Crippen molar-refractivity contribution in [2.45, 2.75) is 43.5 Å². The Morgan fingerprint density at radius 2 is 1.59 bits per heavy atom. The molecule has 168 valence electrons. The van der Waals surface area contributed by atoms with E-state index in [4.69, 9.17) is 4.74 Å². The highest BCUT2D eigenvalue weighted by Crippen LogP contribution is 2.36. The average molecular weight is 443 g/mol. The number of rotatable bonds is 6. The van der Waals surface area contributed by atoms with Gasteiger partial charge in [-0.05, 0) is 60.8 Å². The Balaban J connectivity index is 1.58. The molecule has 5 nitrogen and oxygen atoms in total. The van der Waals surface area contributed by atoms with Crippen molar-refractivity contribution in [1.82, 2.24) is 15.3 Å². The molecule has 2 unspecified atom stereocenters. The van der Waals surface area contributed by atoms with E-state index in [2.05, 4.69) is 15.3 Å². The highest BCUT2D eigenvalue weighted by atomic mass is 19.4. The topological polar surface area (TPSA) is 67.3 Å². The molecule has 2 atom stereocenters. The summed E-state index contributed by atoms with van der Waals surface area (Å²) in [6.45, 7) is 0.761. The van der Waals surface area contributed by atoms with Crippen molar-refractivity contribution >= 4 is 0 Å². The number of hydrogen-bond acceptors (Lipinski definition) is 5. The first-order valence-electron chi connectivity index (χ1n) is 10.5. The normalized spacial score (nSPS) is 18.7. The van der Waals surface area contributed by atoms with E-state index >= 15 is 0 Å². The zero-order valence-electron chi connectivity index (χ0n) is 17.3. The molecule has 2 heterocycles. The van der Waals surface area contributed by atoms with Crippen molar-refractivity contribution in [2.24, 2.45) is 0 Å². The van der Waals surface area contributed by atoms with Gasteiger partial charge in [-0.1, -0.05) is 30.7 Å². The van der Waals surface area contributed by atoms with Crippen molar-refractivity contribution in [3.63, 3.8) is 0 Å². The average Bonchev–Trinajstić information content (AvgIpc) is 2.81. The lowest BCUT2D eigenvalue weighted by molar-refractivity contribution is -0.137. The first-order valence-corrected chi connectivity index (χ1v) is 10.5. The Bertz CT molecular complexity index is 1010. The summed E-state index contributed by atoms with van der Waals surface area (Å²) in [6, 6.07) is 13.6. The van der Waals surface area contributed by atoms with Crippen LogP contribution in [-0.4, -0.2) is 27.7 Å². The van der Waals surface area contributed by atoms with Gasteiger partial charge in [0.15, 0.2) is 0 Å². The molecule has 0 amide bonds. The van der Waals surface area contributed by atoms with Crippen LogP contribution in [-0.2, 0) is 18.2 Å². The minimum absolute atomic E-state index is 0.230. The van der Waals surface area contributed by atoms with Gasteiger partial charge in [-0.2, -0.15) is 13.2 Å². The maximum absolute atomic E-state index is 13.0. The summed E-state index contributed by atoms with van der Waals surface area (Å²) < 4.78 is 44.7. The number of aromatic nitrogens is 2. The molecule has 0 spiro atoms. The molecule has 0 bridgehead atoms. The van der Waals surface area contributed by atoms with Gasteiger partial charge in [-0.3, -0.25) is 0 Å². The van der Waals surface area contributed by atoms with E-state index in [0.29, 0.717) is 11.3 Å². The molecule has 1 fully saturated rings. The number of hydrogen-bond donors (Lipinski definition) is 2. The third kappa shape index (κ3) is 5.08. The van der Waals surface area contributed by atoms with Crippen molar-refractivity contribution in [3.05, 3.63) is 83.7 Å². The van der Waals surface area contributed by atoms with E-state index < -0.39 is 17.3 Å². The Hall–Kier alpha value is -2.97. The zero-order chi connectivity index (χ0) is 22.6. The quantitative estimate of drug-likeness (QED) is 0.570. The number of piperidine rings is 1. The van der Waals surface area contributed by atoms with Crippen LogP contribution in [0, 0.1) is 0 Å². The van der Waals surface area contributed by atoms with Gasteiger partial charge in [0.2, 0.25) is 0 Å². The molecule has 3 aromatic rings. The van der Waals surface area contributed by atoms with Gasteiger partial charge in [0.05, 0.1) is 5.56 Å². The number of halogens is 3. The molecule has 1 saturated heterocycles. The molecule has 32 heavy (non-hydrogen) atoms. The number of nitrogens with zero attached hydrogens (tertiary/aromatic N) is 2. The zero-order valence-corrected chi connectivity index (χ0v) is 17.3. The molecule has 8 heteroatoms. The van der Waals surface area contributed by atoms with Crippen molar-refractivity contribution in [2.75, 3.05) is 6.54 Å². The molecule has 0 saturated carbocycles. The molecule has 1 aromatic heterocycles. The second-order valence-corrected chi connectivity index (χ2v) is 7.96. The van der Waals surface area contributed by atoms with Gasteiger partial charge in [0.1, 0.15) is 11.4 Å². The summed E-state index contributed by atoms with van der Waals surface area (Å²) in [5.74, 6) is 0.550. The van der Waals surface area contributed by atoms with Crippen molar-refractivity contribution < 1.29 is 23.0 Å². The fraction of sp³-hybridized carbons (Fsp3) is 0.333. The highest BCUT2D eigenvalue weighted by molar-refractivity contribution is 5.35. The standard InChI is InChI=1S/C24H24F3N3O2/c25-24(26,27)19-9-7-18(8-10-19)23(31,21-4-1-2-13-28-21)16-17-5-11-20(12-6-17)32-22-29-14-3-15-30-22/h3,5-12,14-15,21,28,31H,1-2,4,13,16H2. The Morgan fingerprint density at radius 3 is 2.19 bits per heavy atom. The van der Waals surface area contributed by atoms with Crippen LogP contribution in [0.15, 0.2) is 67.0 Å². The van der Waals surface area contributed by atoms with Crippen LogP contribution in [0.1, 0.15) is 36.0 Å². The lowest BCUT2D eigenvalue weighted by Crippen LogP contribution is -2.52. The van der Waals surface area contributed by atoms with Crippen LogP contribution in [0.3, 0.4) is 0 Å².